The normalized spacial score (nSPS) is 10.4. The van der Waals surface area contributed by atoms with E-state index in [1.54, 1.807) is 16.8 Å². The smallest absolute Gasteiger partial charge is 0.238 e. The highest BCUT2D eigenvalue weighted by Crippen LogP contribution is 2.23. The molecule has 0 atom stereocenters. The zero-order valence-corrected chi connectivity index (χ0v) is 11.9. The van der Waals surface area contributed by atoms with Crippen LogP contribution in [0.15, 0.2) is 42.6 Å². The second kappa shape index (κ2) is 5.66. The Morgan fingerprint density at radius 2 is 2.23 bits per heavy atom. The van der Waals surface area contributed by atoms with Crippen LogP contribution in [0.4, 0.5) is 5.69 Å². The van der Waals surface area contributed by atoms with Gasteiger partial charge in [0.25, 0.3) is 0 Å². The van der Waals surface area contributed by atoms with Gasteiger partial charge in [-0.15, -0.1) is 0 Å². The van der Waals surface area contributed by atoms with E-state index in [4.69, 9.17) is 5.26 Å². The second-order valence-electron chi connectivity index (χ2n) is 4.85. The number of hydrogen-bond donors (Lipinski definition) is 1. The van der Waals surface area contributed by atoms with Crippen LogP contribution in [-0.2, 0) is 4.79 Å². The Kier molecular flexibility index (Phi) is 3.54. The van der Waals surface area contributed by atoms with Gasteiger partial charge in [0, 0.05) is 23.5 Å². The van der Waals surface area contributed by atoms with E-state index in [1.807, 2.05) is 43.3 Å². The molecule has 0 bridgehead atoms. The molecule has 2 aromatic heterocycles. The Morgan fingerprint density at radius 1 is 1.36 bits per heavy atom. The molecule has 0 aliphatic carbocycles. The summed E-state index contributed by atoms with van der Waals surface area (Å²) in [5.41, 5.74) is 4.10. The first-order valence-corrected chi connectivity index (χ1v) is 6.76. The van der Waals surface area contributed by atoms with E-state index in [-0.39, 0.29) is 12.3 Å². The molecule has 0 fully saturated rings. The first kappa shape index (κ1) is 13.8. The lowest BCUT2D eigenvalue weighted by molar-refractivity contribution is -0.115. The van der Waals surface area contributed by atoms with Crippen molar-refractivity contribution in [2.45, 2.75) is 13.3 Å². The molecule has 0 aliphatic heterocycles. The third-order valence-corrected chi connectivity index (χ3v) is 3.16. The molecule has 2 heterocycles. The highest BCUT2D eigenvalue weighted by molar-refractivity contribution is 5.92. The third kappa shape index (κ3) is 2.65. The number of hydrogen-bond acceptors (Lipinski definition) is 4. The van der Waals surface area contributed by atoms with E-state index < -0.39 is 0 Å². The lowest BCUT2D eigenvalue weighted by atomic mass is 10.1. The Bertz CT molecular complexity index is 891. The number of aryl methyl sites for hydroxylation is 1. The fourth-order valence-electron chi connectivity index (χ4n) is 2.26. The van der Waals surface area contributed by atoms with Crippen LogP contribution in [0.2, 0.25) is 0 Å². The van der Waals surface area contributed by atoms with Crippen molar-refractivity contribution < 1.29 is 4.79 Å². The standard InChI is InChI=1S/C16H13N5O/c1-11-9-15-18-8-6-14(21(15)20-11)12-3-2-4-13(10-12)19-16(22)5-7-17/h2-4,6,8-10H,5H2,1H3,(H,19,22). The maximum absolute atomic E-state index is 11.5. The van der Waals surface area contributed by atoms with Crippen molar-refractivity contribution in [2.24, 2.45) is 0 Å². The number of aromatic nitrogens is 3. The maximum atomic E-state index is 11.5. The molecular formula is C16H13N5O. The van der Waals surface area contributed by atoms with E-state index >= 15 is 0 Å². The van der Waals surface area contributed by atoms with Crippen LogP contribution in [0.5, 0.6) is 0 Å². The number of rotatable bonds is 3. The van der Waals surface area contributed by atoms with Crippen molar-refractivity contribution in [3.05, 3.63) is 48.3 Å². The maximum Gasteiger partial charge on any atom is 0.238 e. The van der Waals surface area contributed by atoms with Gasteiger partial charge in [-0.2, -0.15) is 10.4 Å². The summed E-state index contributed by atoms with van der Waals surface area (Å²) in [7, 11) is 0. The molecule has 6 heteroatoms. The van der Waals surface area contributed by atoms with Crippen LogP contribution in [0.25, 0.3) is 16.9 Å². The fraction of sp³-hybridized carbons (Fsp3) is 0.125. The molecule has 0 saturated heterocycles. The molecular weight excluding hydrogens is 278 g/mol. The molecule has 0 unspecified atom stereocenters. The van der Waals surface area contributed by atoms with Crippen LogP contribution < -0.4 is 5.32 Å². The number of amides is 1. The first-order chi connectivity index (χ1) is 10.7. The minimum Gasteiger partial charge on any atom is -0.325 e. The summed E-state index contributed by atoms with van der Waals surface area (Å²) in [6, 6.07) is 13.0. The summed E-state index contributed by atoms with van der Waals surface area (Å²) in [6.07, 6.45) is 1.56. The summed E-state index contributed by atoms with van der Waals surface area (Å²) in [4.78, 5) is 15.8. The zero-order valence-electron chi connectivity index (χ0n) is 11.9. The van der Waals surface area contributed by atoms with Gasteiger partial charge in [-0.05, 0) is 25.1 Å². The van der Waals surface area contributed by atoms with Gasteiger partial charge in [-0.3, -0.25) is 4.79 Å². The molecule has 1 aromatic carbocycles. The second-order valence-corrected chi connectivity index (χ2v) is 4.85. The third-order valence-electron chi connectivity index (χ3n) is 3.16. The van der Waals surface area contributed by atoms with Gasteiger partial charge in [0.15, 0.2) is 5.65 Å². The molecule has 3 aromatic rings. The van der Waals surface area contributed by atoms with Crippen molar-refractivity contribution in [3.63, 3.8) is 0 Å². The predicted molar refractivity (Wildman–Crippen MR) is 82.0 cm³/mol. The average Bonchev–Trinajstić information content (AvgIpc) is 2.87. The minimum absolute atomic E-state index is 0.165. The zero-order chi connectivity index (χ0) is 15.5. The van der Waals surface area contributed by atoms with Crippen LogP contribution in [0, 0.1) is 18.3 Å². The van der Waals surface area contributed by atoms with E-state index in [9.17, 15) is 4.79 Å². The number of fused-ring (bicyclic) bond motifs is 1. The number of benzene rings is 1. The Morgan fingerprint density at radius 3 is 3.05 bits per heavy atom. The molecule has 3 rings (SSSR count). The average molecular weight is 291 g/mol. The van der Waals surface area contributed by atoms with Crippen molar-refractivity contribution in [1.82, 2.24) is 14.6 Å². The highest BCUT2D eigenvalue weighted by Gasteiger charge is 2.08. The van der Waals surface area contributed by atoms with Crippen LogP contribution in [0.3, 0.4) is 0 Å². The van der Waals surface area contributed by atoms with Gasteiger partial charge < -0.3 is 5.32 Å². The topological polar surface area (TPSA) is 83.1 Å². The van der Waals surface area contributed by atoms with Crippen LogP contribution in [0.1, 0.15) is 12.1 Å². The van der Waals surface area contributed by atoms with E-state index in [1.165, 1.54) is 0 Å². The number of anilines is 1. The number of nitriles is 1. The Labute approximate surface area is 127 Å². The number of nitrogens with zero attached hydrogens (tertiary/aromatic N) is 4. The summed E-state index contributed by atoms with van der Waals surface area (Å²) >= 11 is 0. The number of nitrogens with one attached hydrogen (secondary N) is 1. The quantitative estimate of drug-likeness (QED) is 0.803. The molecule has 0 spiro atoms. The van der Waals surface area contributed by atoms with Crippen molar-refractivity contribution >= 4 is 17.2 Å². The molecule has 0 aliphatic rings. The largest absolute Gasteiger partial charge is 0.325 e. The monoisotopic (exact) mass is 291 g/mol. The minimum atomic E-state index is -0.325. The molecule has 1 amide bonds. The molecule has 1 N–H and O–H groups in total. The summed E-state index contributed by atoms with van der Waals surface area (Å²) < 4.78 is 1.77. The van der Waals surface area contributed by atoms with Gasteiger partial charge in [-0.1, -0.05) is 12.1 Å². The first-order valence-electron chi connectivity index (χ1n) is 6.76. The molecule has 22 heavy (non-hydrogen) atoms. The van der Waals surface area contributed by atoms with Gasteiger partial charge in [0.2, 0.25) is 5.91 Å². The van der Waals surface area contributed by atoms with Gasteiger partial charge in [0.05, 0.1) is 17.5 Å². The lowest BCUT2D eigenvalue weighted by Crippen LogP contribution is -2.10. The van der Waals surface area contributed by atoms with Gasteiger partial charge in [-0.25, -0.2) is 9.50 Å². The SMILES string of the molecule is Cc1cc2nccc(-c3cccc(NC(=O)CC#N)c3)n2n1. The lowest BCUT2D eigenvalue weighted by Gasteiger charge is -2.08. The summed E-state index contributed by atoms with van der Waals surface area (Å²) in [5, 5.41) is 15.7. The number of carbonyl (C=O) groups excluding carboxylic acids is 1. The van der Waals surface area contributed by atoms with Crippen molar-refractivity contribution in [3.8, 4) is 17.3 Å². The van der Waals surface area contributed by atoms with Gasteiger partial charge >= 0.3 is 0 Å². The van der Waals surface area contributed by atoms with E-state index in [0.717, 1.165) is 22.6 Å². The van der Waals surface area contributed by atoms with Crippen LogP contribution >= 0.6 is 0 Å². The van der Waals surface area contributed by atoms with Gasteiger partial charge in [0.1, 0.15) is 6.42 Å². The summed E-state index contributed by atoms with van der Waals surface area (Å²) in [6.45, 7) is 1.91. The predicted octanol–water partition coefficient (Wildman–Crippen LogP) is 2.56. The molecule has 108 valence electrons. The Balaban J connectivity index is 2.01. The van der Waals surface area contributed by atoms with Crippen LogP contribution in [-0.4, -0.2) is 20.5 Å². The number of carbonyl (C=O) groups is 1. The highest BCUT2D eigenvalue weighted by atomic mass is 16.1. The molecule has 0 radical (unpaired) electrons. The van der Waals surface area contributed by atoms with E-state index in [0.29, 0.717) is 5.69 Å². The summed E-state index contributed by atoms with van der Waals surface area (Å²) in [5.74, 6) is -0.325. The molecule has 6 nitrogen and oxygen atoms in total. The Hall–Kier alpha value is -3.20. The van der Waals surface area contributed by atoms with Crippen molar-refractivity contribution in [1.29, 1.82) is 5.26 Å². The fourth-order valence-corrected chi connectivity index (χ4v) is 2.26. The van der Waals surface area contributed by atoms with Crippen molar-refractivity contribution in [2.75, 3.05) is 5.32 Å². The van der Waals surface area contributed by atoms with E-state index in [2.05, 4.69) is 15.4 Å². The molecule has 0 saturated carbocycles.